The van der Waals surface area contributed by atoms with Gasteiger partial charge >= 0.3 is 5.97 Å². The van der Waals surface area contributed by atoms with Gasteiger partial charge in [-0.05, 0) is 51.6 Å². The van der Waals surface area contributed by atoms with Crippen molar-refractivity contribution < 1.29 is 9.53 Å². The number of hydrogen-bond acceptors (Lipinski definition) is 3. The van der Waals surface area contributed by atoms with Crippen LogP contribution in [0, 0.1) is 5.92 Å². The summed E-state index contributed by atoms with van der Waals surface area (Å²) in [6, 6.07) is 0. The Morgan fingerprint density at radius 2 is 2.24 bits per heavy atom. The van der Waals surface area contributed by atoms with E-state index in [1.807, 2.05) is 0 Å². The van der Waals surface area contributed by atoms with E-state index in [2.05, 4.69) is 37.9 Å². The van der Waals surface area contributed by atoms with E-state index in [9.17, 15) is 4.79 Å². The van der Waals surface area contributed by atoms with Gasteiger partial charge in [-0.1, -0.05) is 30.7 Å². The van der Waals surface area contributed by atoms with Crippen LogP contribution in [-0.4, -0.2) is 25.2 Å². The molecule has 1 fully saturated rings. The van der Waals surface area contributed by atoms with E-state index in [0.717, 1.165) is 45.2 Å². The van der Waals surface area contributed by atoms with Crippen molar-refractivity contribution >= 4 is 5.97 Å². The number of ether oxygens (including phenoxy) is 1. The van der Waals surface area contributed by atoms with Gasteiger partial charge in [0.05, 0.1) is 0 Å². The quantitative estimate of drug-likeness (QED) is 0.372. The smallest absolute Gasteiger partial charge is 0.334 e. The number of rotatable bonds is 4. The van der Waals surface area contributed by atoms with E-state index in [1.54, 1.807) is 0 Å². The fourth-order valence-electron chi connectivity index (χ4n) is 3.02. The first-order chi connectivity index (χ1) is 10.1. The summed E-state index contributed by atoms with van der Waals surface area (Å²) in [7, 11) is 0. The van der Waals surface area contributed by atoms with E-state index >= 15 is 0 Å². The van der Waals surface area contributed by atoms with Crippen LogP contribution in [0.15, 0.2) is 35.5 Å². The van der Waals surface area contributed by atoms with Crippen molar-refractivity contribution in [1.82, 2.24) is 5.32 Å². The molecular weight excluding hydrogens is 262 g/mol. The molecule has 2 atom stereocenters. The molecular formula is C18H27NO2. The topological polar surface area (TPSA) is 38.3 Å². The Bertz CT molecular complexity index is 462. The fourth-order valence-corrected chi connectivity index (χ4v) is 3.02. The Morgan fingerprint density at radius 1 is 1.43 bits per heavy atom. The summed E-state index contributed by atoms with van der Waals surface area (Å²) in [5, 5.41) is 3.48. The van der Waals surface area contributed by atoms with E-state index in [1.165, 1.54) is 11.1 Å². The highest BCUT2D eigenvalue weighted by molar-refractivity contribution is 5.91. The molecule has 21 heavy (non-hydrogen) atoms. The molecule has 0 aromatic carbocycles. The molecule has 2 aliphatic rings. The summed E-state index contributed by atoms with van der Waals surface area (Å²) in [6.45, 7) is 10.2. The summed E-state index contributed by atoms with van der Waals surface area (Å²) in [6.07, 6.45) is 9.59. The summed E-state index contributed by atoms with van der Waals surface area (Å²) in [4.78, 5) is 11.8. The van der Waals surface area contributed by atoms with Crippen molar-refractivity contribution in [2.75, 3.05) is 13.1 Å². The van der Waals surface area contributed by atoms with Crippen LogP contribution >= 0.6 is 0 Å². The summed E-state index contributed by atoms with van der Waals surface area (Å²) >= 11 is 0. The first kappa shape index (κ1) is 16.0. The highest BCUT2D eigenvalue weighted by Gasteiger charge is 2.37. The summed E-state index contributed by atoms with van der Waals surface area (Å²) in [5.41, 5.74) is 3.39. The zero-order valence-electron chi connectivity index (χ0n) is 13.3. The lowest BCUT2D eigenvalue weighted by molar-refractivity contribution is -0.137. The van der Waals surface area contributed by atoms with Gasteiger partial charge < -0.3 is 10.1 Å². The largest absolute Gasteiger partial charge is 0.454 e. The van der Waals surface area contributed by atoms with Gasteiger partial charge in [-0.25, -0.2) is 4.79 Å². The molecule has 3 heteroatoms. The van der Waals surface area contributed by atoms with Crippen LogP contribution in [0.25, 0.3) is 0 Å². The van der Waals surface area contributed by atoms with Crippen molar-refractivity contribution in [1.29, 1.82) is 0 Å². The van der Waals surface area contributed by atoms with Crippen molar-refractivity contribution in [2.24, 2.45) is 5.92 Å². The van der Waals surface area contributed by atoms with Crippen LogP contribution < -0.4 is 5.32 Å². The molecule has 2 rings (SSSR count). The average molecular weight is 289 g/mol. The summed E-state index contributed by atoms with van der Waals surface area (Å²) < 4.78 is 5.46. The van der Waals surface area contributed by atoms with Gasteiger partial charge in [0.1, 0.15) is 6.10 Å². The third-order valence-electron chi connectivity index (χ3n) is 4.33. The second-order valence-electron chi connectivity index (χ2n) is 6.13. The lowest BCUT2D eigenvalue weighted by Crippen LogP contribution is -2.20. The molecule has 0 aromatic rings. The maximum Gasteiger partial charge on any atom is 0.334 e. The average Bonchev–Trinajstić information content (AvgIpc) is 2.71. The van der Waals surface area contributed by atoms with Crippen LogP contribution in [0.2, 0.25) is 0 Å². The van der Waals surface area contributed by atoms with E-state index in [-0.39, 0.29) is 18.0 Å². The fraction of sp³-hybridized carbons (Fsp3) is 0.611. The lowest BCUT2D eigenvalue weighted by Gasteiger charge is -2.18. The number of carbonyl (C=O) groups is 1. The highest BCUT2D eigenvalue weighted by atomic mass is 16.5. The molecule has 1 heterocycles. The van der Waals surface area contributed by atoms with Gasteiger partial charge in [0.25, 0.3) is 0 Å². The van der Waals surface area contributed by atoms with Gasteiger partial charge in [0.2, 0.25) is 0 Å². The number of nitrogens with one attached hydrogen (secondary N) is 1. The van der Waals surface area contributed by atoms with E-state index in [4.69, 9.17) is 4.74 Å². The molecule has 1 saturated heterocycles. The lowest BCUT2D eigenvalue weighted by atomic mass is 9.88. The van der Waals surface area contributed by atoms with Gasteiger partial charge in [0.15, 0.2) is 0 Å². The van der Waals surface area contributed by atoms with E-state index in [0.29, 0.717) is 5.57 Å². The minimum absolute atomic E-state index is 0.104. The molecule has 0 aromatic heterocycles. The van der Waals surface area contributed by atoms with Crippen LogP contribution in [0.3, 0.4) is 0 Å². The molecule has 0 amide bonds. The Kier molecular flexibility index (Phi) is 5.80. The predicted molar refractivity (Wildman–Crippen MR) is 86.0 cm³/mol. The number of fused-ring (bicyclic) bond motifs is 1. The van der Waals surface area contributed by atoms with Crippen molar-refractivity contribution in [3.8, 4) is 0 Å². The summed E-state index contributed by atoms with van der Waals surface area (Å²) in [5.74, 6) is -0.0805. The van der Waals surface area contributed by atoms with Crippen LogP contribution in [0.5, 0.6) is 0 Å². The number of allylic oxidation sites excluding steroid dienone is 2. The molecule has 0 radical (unpaired) electrons. The SMILES string of the molecule is C=C1C(=O)O[C@@H]2/C=C(\C)CC/C=C(/CNCCC)CC[C@@H]12. The Labute approximate surface area is 128 Å². The minimum atomic E-state index is -0.220. The maximum atomic E-state index is 11.8. The number of esters is 1. The molecule has 3 nitrogen and oxygen atoms in total. The molecule has 0 unspecified atom stereocenters. The van der Waals surface area contributed by atoms with Crippen molar-refractivity contribution in [3.63, 3.8) is 0 Å². The Morgan fingerprint density at radius 3 is 3.00 bits per heavy atom. The van der Waals surface area contributed by atoms with Gasteiger partial charge in [-0.2, -0.15) is 0 Å². The monoisotopic (exact) mass is 289 g/mol. The molecule has 1 aliphatic heterocycles. The Balaban J connectivity index is 2.07. The van der Waals surface area contributed by atoms with Crippen LogP contribution in [0.4, 0.5) is 0 Å². The van der Waals surface area contributed by atoms with Crippen molar-refractivity contribution in [3.05, 3.63) is 35.5 Å². The highest BCUT2D eigenvalue weighted by Crippen LogP contribution is 2.34. The molecule has 1 aliphatic carbocycles. The van der Waals surface area contributed by atoms with Crippen LogP contribution in [0.1, 0.15) is 46.0 Å². The van der Waals surface area contributed by atoms with E-state index < -0.39 is 0 Å². The molecule has 1 N–H and O–H groups in total. The number of hydrogen-bond donors (Lipinski definition) is 1. The zero-order valence-corrected chi connectivity index (χ0v) is 13.3. The Hall–Kier alpha value is -1.35. The van der Waals surface area contributed by atoms with Crippen LogP contribution in [-0.2, 0) is 9.53 Å². The zero-order chi connectivity index (χ0) is 15.2. The maximum absolute atomic E-state index is 11.8. The molecule has 116 valence electrons. The first-order valence-electron chi connectivity index (χ1n) is 8.07. The third-order valence-corrected chi connectivity index (χ3v) is 4.33. The first-order valence-corrected chi connectivity index (χ1v) is 8.07. The molecule has 0 bridgehead atoms. The van der Waals surface area contributed by atoms with Gasteiger partial charge in [-0.15, -0.1) is 0 Å². The predicted octanol–water partition coefficient (Wildman–Crippen LogP) is 3.53. The minimum Gasteiger partial charge on any atom is -0.454 e. The van der Waals surface area contributed by atoms with Gasteiger partial charge in [0, 0.05) is 18.0 Å². The second-order valence-corrected chi connectivity index (χ2v) is 6.13. The second kappa shape index (κ2) is 7.60. The third kappa shape index (κ3) is 4.31. The normalized spacial score (nSPS) is 31.7. The molecule has 0 saturated carbocycles. The number of carbonyl (C=O) groups excluding carboxylic acids is 1. The van der Waals surface area contributed by atoms with Crippen molar-refractivity contribution in [2.45, 2.75) is 52.1 Å². The van der Waals surface area contributed by atoms with Gasteiger partial charge in [-0.3, -0.25) is 0 Å². The standard InChI is InChI=1S/C18H27NO2/c1-4-10-19-12-15-7-5-6-13(2)11-17-16(9-8-15)14(3)18(20)21-17/h7,11,16-17,19H,3-6,8-10,12H2,1-2H3/b13-11+,15-7+/t16-,17+/m0/s1. The molecule has 0 spiro atoms.